The zero-order valence-corrected chi connectivity index (χ0v) is 20.5. The number of benzene rings is 3. The van der Waals surface area contributed by atoms with Crippen LogP contribution in [-0.4, -0.2) is 13.0 Å². The number of methoxy groups -OCH3 is 1. The van der Waals surface area contributed by atoms with E-state index in [-0.39, 0.29) is 17.9 Å². The molecule has 0 atom stereocenters. The molecular formula is C24H15BrCl2F3NO3. The molecule has 3 aromatic carbocycles. The number of hydrogen-bond acceptors (Lipinski definition) is 3. The van der Waals surface area contributed by atoms with Crippen molar-refractivity contribution in [1.82, 2.24) is 0 Å². The van der Waals surface area contributed by atoms with Crippen LogP contribution in [0.1, 0.15) is 22.3 Å². The summed E-state index contributed by atoms with van der Waals surface area (Å²) in [5.41, 5.74) is 1.18. The van der Waals surface area contributed by atoms with Crippen LogP contribution in [0.15, 0.2) is 53.0 Å². The van der Waals surface area contributed by atoms with Gasteiger partial charge in [-0.2, -0.15) is 13.2 Å². The van der Waals surface area contributed by atoms with Crippen LogP contribution < -0.4 is 14.8 Å². The third-order valence-electron chi connectivity index (χ3n) is 5.11. The summed E-state index contributed by atoms with van der Waals surface area (Å²) in [6, 6.07) is 11.6. The maximum Gasteiger partial charge on any atom is 0.416 e. The number of ether oxygens (including phenoxy) is 2. The van der Waals surface area contributed by atoms with Crippen LogP contribution in [0.25, 0.3) is 11.6 Å². The van der Waals surface area contributed by atoms with E-state index in [0.717, 1.165) is 17.7 Å². The molecule has 0 bridgehead atoms. The number of hydrogen-bond donors (Lipinski definition) is 1. The predicted molar refractivity (Wildman–Crippen MR) is 129 cm³/mol. The molecule has 176 valence electrons. The van der Waals surface area contributed by atoms with E-state index in [9.17, 15) is 18.0 Å². The molecule has 1 aliphatic rings. The van der Waals surface area contributed by atoms with Crippen molar-refractivity contribution in [1.29, 1.82) is 0 Å². The summed E-state index contributed by atoms with van der Waals surface area (Å²) in [6.45, 7) is 0.163. The van der Waals surface area contributed by atoms with Gasteiger partial charge in [-0.1, -0.05) is 51.3 Å². The summed E-state index contributed by atoms with van der Waals surface area (Å²) in [7, 11) is 1.47. The van der Waals surface area contributed by atoms with Gasteiger partial charge in [0.1, 0.15) is 6.61 Å². The molecule has 0 spiro atoms. The molecule has 34 heavy (non-hydrogen) atoms. The van der Waals surface area contributed by atoms with E-state index in [2.05, 4.69) is 21.2 Å². The van der Waals surface area contributed by atoms with Gasteiger partial charge in [0, 0.05) is 36.9 Å². The Morgan fingerprint density at radius 2 is 1.82 bits per heavy atom. The monoisotopic (exact) mass is 571 g/mol. The van der Waals surface area contributed by atoms with Crippen molar-refractivity contribution in [2.24, 2.45) is 0 Å². The summed E-state index contributed by atoms with van der Waals surface area (Å²) in [6.07, 6.45) is -2.93. The van der Waals surface area contributed by atoms with E-state index >= 15 is 0 Å². The van der Waals surface area contributed by atoms with Crippen molar-refractivity contribution in [2.45, 2.75) is 12.8 Å². The van der Waals surface area contributed by atoms with Crippen molar-refractivity contribution in [3.05, 3.63) is 85.3 Å². The Morgan fingerprint density at radius 3 is 2.50 bits per heavy atom. The van der Waals surface area contributed by atoms with Crippen molar-refractivity contribution >= 4 is 62.4 Å². The second-order valence-electron chi connectivity index (χ2n) is 7.32. The minimum atomic E-state index is -4.51. The molecule has 1 heterocycles. The highest BCUT2D eigenvalue weighted by Crippen LogP contribution is 2.41. The molecule has 0 radical (unpaired) electrons. The molecule has 0 saturated carbocycles. The fraction of sp³-hybridized carbons (Fsp3) is 0.125. The van der Waals surface area contributed by atoms with Gasteiger partial charge in [0.15, 0.2) is 11.5 Å². The Hall–Kier alpha value is -2.68. The molecule has 0 fully saturated rings. The summed E-state index contributed by atoms with van der Waals surface area (Å²) in [5, 5.41) is 3.46. The molecule has 0 unspecified atom stereocenters. The molecule has 4 nitrogen and oxygen atoms in total. The first-order valence-electron chi connectivity index (χ1n) is 9.75. The SMILES string of the molecule is COc1cc(/C=C2\C(=O)Nc3cc(C(F)(F)F)ccc32)c(Br)cc1OCc1ccc(Cl)cc1Cl. The van der Waals surface area contributed by atoms with Gasteiger partial charge in [0.2, 0.25) is 0 Å². The first-order chi connectivity index (χ1) is 16.1. The van der Waals surface area contributed by atoms with Gasteiger partial charge < -0.3 is 14.8 Å². The van der Waals surface area contributed by atoms with Crippen LogP contribution in [0.4, 0.5) is 18.9 Å². The van der Waals surface area contributed by atoms with Gasteiger partial charge >= 0.3 is 6.18 Å². The minimum Gasteiger partial charge on any atom is -0.493 e. The van der Waals surface area contributed by atoms with Crippen molar-refractivity contribution < 1.29 is 27.4 Å². The highest BCUT2D eigenvalue weighted by atomic mass is 79.9. The fourth-order valence-electron chi connectivity index (χ4n) is 3.40. The van der Waals surface area contributed by atoms with E-state index in [4.69, 9.17) is 32.7 Å². The third kappa shape index (κ3) is 5.04. The van der Waals surface area contributed by atoms with E-state index in [1.165, 1.54) is 13.2 Å². The molecule has 1 N–H and O–H groups in total. The third-order valence-corrected chi connectivity index (χ3v) is 6.38. The van der Waals surface area contributed by atoms with Gasteiger partial charge in [-0.3, -0.25) is 4.79 Å². The maximum atomic E-state index is 13.0. The first-order valence-corrected chi connectivity index (χ1v) is 11.3. The van der Waals surface area contributed by atoms with Crippen LogP contribution >= 0.6 is 39.1 Å². The van der Waals surface area contributed by atoms with Crippen molar-refractivity contribution in [2.75, 3.05) is 12.4 Å². The highest BCUT2D eigenvalue weighted by Gasteiger charge is 2.33. The number of halogens is 6. The number of carbonyl (C=O) groups is 1. The first kappa shape index (κ1) is 24.4. The van der Waals surface area contributed by atoms with Crippen molar-refractivity contribution in [3.8, 4) is 11.5 Å². The zero-order valence-electron chi connectivity index (χ0n) is 17.4. The maximum absolute atomic E-state index is 13.0. The second kappa shape index (κ2) is 9.52. The van der Waals surface area contributed by atoms with E-state index < -0.39 is 17.6 Å². The van der Waals surface area contributed by atoms with Crippen LogP contribution in [0.5, 0.6) is 11.5 Å². The van der Waals surface area contributed by atoms with Crippen LogP contribution in [0.3, 0.4) is 0 Å². The number of rotatable bonds is 5. The summed E-state index contributed by atoms with van der Waals surface area (Å²) in [4.78, 5) is 12.5. The number of alkyl halides is 3. The Kier molecular flexibility index (Phi) is 6.85. The average molecular weight is 573 g/mol. The van der Waals surface area contributed by atoms with E-state index in [0.29, 0.717) is 37.1 Å². The van der Waals surface area contributed by atoms with Crippen LogP contribution in [-0.2, 0) is 17.6 Å². The zero-order chi connectivity index (χ0) is 24.6. The topological polar surface area (TPSA) is 47.6 Å². The predicted octanol–water partition coefficient (Wildman–Crippen LogP) is 7.86. The largest absolute Gasteiger partial charge is 0.493 e. The lowest BCUT2D eigenvalue weighted by Crippen LogP contribution is -2.06. The van der Waals surface area contributed by atoms with E-state index in [1.807, 2.05) is 0 Å². The molecular weight excluding hydrogens is 558 g/mol. The van der Waals surface area contributed by atoms with Crippen LogP contribution in [0.2, 0.25) is 10.0 Å². The standard InChI is InChI=1S/C24H15BrCl2F3NO3/c1-33-21-7-13(18(25)10-22(21)34-11-12-2-4-15(26)9-19(12)27)6-17-16-5-3-14(24(28,29)30)8-20(16)31-23(17)32/h2-10H,11H2,1H3,(H,31,32)/b17-6-. The number of amides is 1. The molecule has 10 heteroatoms. The van der Waals surface area contributed by atoms with Crippen molar-refractivity contribution in [3.63, 3.8) is 0 Å². The van der Waals surface area contributed by atoms with Gasteiger partial charge in [-0.05, 0) is 48.0 Å². The summed E-state index contributed by atoms with van der Waals surface area (Å²) in [5.74, 6) is 0.317. The average Bonchev–Trinajstić information content (AvgIpc) is 3.08. The normalized spacial score (nSPS) is 14.2. The molecule has 0 saturated heterocycles. The van der Waals surface area contributed by atoms with Gasteiger partial charge in [0.25, 0.3) is 5.91 Å². The minimum absolute atomic E-state index is 0.106. The lowest BCUT2D eigenvalue weighted by Gasteiger charge is -2.14. The van der Waals surface area contributed by atoms with Gasteiger partial charge in [-0.15, -0.1) is 0 Å². The van der Waals surface area contributed by atoms with E-state index in [1.54, 1.807) is 36.4 Å². The lowest BCUT2D eigenvalue weighted by atomic mass is 10.0. The van der Waals surface area contributed by atoms with Gasteiger partial charge in [0.05, 0.1) is 12.7 Å². The molecule has 4 rings (SSSR count). The number of fused-ring (bicyclic) bond motifs is 1. The number of carbonyl (C=O) groups excluding carboxylic acids is 1. The van der Waals surface area contributed by atoms with Gasteiger partial charge in [-0.25, -0.2) is 0 Å². The number of anilines is 1. The Balaban J connectivity index is 1.64. The van der Waals surface area contributed by atoms with Crippen LogP contribution in [0, 0.1) is 0 Å². The Bertz CT molecular complexity index is 1330. The second-order valence-corrected chi connectivity index (χ2v) is 9.02. The number of nitrogens with one attached hydrogen (secondary N) is 1. The summed E-state index contributed by atoms with van der Waals surface area (Å²) < 4.78 is 50.9. The molecule has 1 aliphatic heterocycles. The molecule has 1 amide bonds. The highest BCUT2D eigenvalue weighted by molar-refractivity contribution is 9.10. The Morgan fingerprint density at radius 1 is 1.06 bits per heavy atom. The molecule has 0 aromatic heterocycles. The quantitative estimate of drug-likeness (QED) is 0.317. The Labute approximate surface area is 211 Å². The molecule has 0 aliphatic carbocycles. The molecule has 3 aromatic rings. The smallest absolute Gasteiger partial charge is 0.416 e. The lowest BCUT2D eigenvalue weighted by molar-refractivity contribution is -0.137. The summed E-state index contributed by atoms with van der Waals surface area (Å²) >= 11 is 15.6. The fourth-order valence-corrected chi connectivity index (χ4v) is 4.30.